The maximum atomic E-state index is 5.54. The Balaban J connectivity index is 4.22. The largest absolute Gasteiger partial charge is 0.377 e. The van der Waals surface area contributed by atoms with Gasteiger partial charge in [-0.05, 0) is 39.2 Å². The van der Waals surface area contributed by atoms with E-state index >= 15 is 0 Å². The summed E-state index contributed by atoms with van der Waals surface area (Å²) in [5.41, 5.74) is -0.0700. The van der Waals surface area contributed by atoms with Gasteiger partial charge in [0.15, 0.2) is 0 Å². The fraction of sp³-hybridized carbons (Fsp3) is 1.00. The molecular formula is C12H27NO. The van der Waals surface area contributed by atoms with E-state index in [0.717, 1.165) is 6.54 Å². The van der Waals surface area contributed by atoms with E-state index in [1.165, 1.54) is 12.8 Å². The molecule has 0 aromatic carbocycles. The fourth-order valence-corrected chi connectivity index (χ4v) is 1.55. The molecule has 2 nitrogen and oxygen atoms in total. The van der Waals surface area contributed by atoms with Gasteiger partial charge in [0.25, 0.3) is 0 Å². The highest BCUT2D eigenvalue weighted by molar-refractivity contribution is 4.85. The molecule has 0 aromatic heterocycles. The van der Waals surface area contributed by atoms with Crippen LogP contribution in [0, 0.1) is 5.92 Å². The van der Waals surface area contributed by atoms with Crippen LogP contribution in [-0.4, -0.2) is 25.3 Å². The van der Waals surface area contributed by atoms with Crippen molar-refractivity contribution in [1.29, 1.82) is 0 Å². The van der Waals surface area contributed by atoms with Gasteiger partial charge in [-0.2, -0.15) is 0 Å². The van der Waals surface area contributed by atoms with Crippen LogP contribution in [0.15, 0.2) is 0 Å². The van der Waals surface area contributed by atoms with Crippen molar-refractivity contribution in [2.24, 2.45) is 5.92 Å². The summed E-state index contributed by atoms with van der Waals surface area (Å²) in [6, 6.07) is 0.451. The minimum Gasteiger partial charge on any atom is -0.377 e. The van der Waals surface area contributed by atoms with Crippen molar-refractivity contribution < 1.29 is 4.74 Å². The van der Waals surface area contributed by atoms with Crippen molar-refractivity contribution in [1.82, 2.24) is 5.32 Å². The Labute approximate surface area is 89.4 Å². The van der Waals surface area contributed by atoms with E-state index in [-0.39, 0.29) is 5.60 Å². The average molecular weight is 201 g/mol. The second-order valence-corrected chi connectivity index (χ2v) is 4.94. The van der Waals surface area contributed by atoms with Crippen molar-refractivity contribution >= 4 is 0 Å². The Morgan fingerprint density at radius 1 is 1.29 bits per heavy atom. The first kappa shape index (κ1) is 13.9. The molecule has 0 saturated heterocycles. The van der Waals surface area contributed by atoms with Gasteiger partial charge in [0.2, 0.25) is 0 Å². The Morgan fingerprint density at radius 2 is 1.86 bits per heavy atom. The van der Waals surface area contributed by atoms with Crippen molar-refractivity contribution in [2.45, 2.75) is 59.1 Å². The molecule has 0 aromatic rings. The first-order valence-corrected chi connectivity index (χ1v) is 5.72. The molecule has 2 heteroatoms. The van der Waals surface area contributed by atoms with Gasteiger partial charge in [-0.15, -0.1) is 0 Å². The molecule has 0 fully saturated rings. The third kappa shape index (κ3) is 4.97. The summed E-state index contributed by atoms with van der Waals surface area (Å²) in [6.45, 7) is 12.1. The second-order valence-electron chi connectivity index (χ2n) is 4.94. The molecule has 1 atom stereocenters. The van der Waals surface area contributed by atoms with Crippen LogP contribution in [0.3, 0.4) is 0 Å². The highest BCUT2D eigenvalue weighted by Gasteiger charge is 2.28. The van der Waals surface area contributed by atoms with Gasteiger partial charge in [0, 0.05) is 13.2 Å². The van der Waals surface area contributed by atoms with Crippen LogP contribution in [-0.2, 0) is 4.74 Å². The van der Waals surface area contributed by atoms with Crippen molar-refractivity contribution in [2.75, 3.05) is 13.7 Å². The van der Waals surface area contributed by atoms with Gasteiger partial charge in [0.1, 0.15) is 0 Å². The Bertz CT molecular complexity index is 143. The zero-order valence-corrected chi connectivity index (χ0v) is 10.7. The summed E-state index contributed by atoms with van der Waals surface area (Å²) in [5.74, 6) is 0.707. The smallest absolute Gasteiger partial charge is 0.0775 e. The Hall–Kier alpha value is -0.0800. The van der Waals surface area contributed by atoms with E-state index in [0.29, 0.717) is 12.0 Å². The third-order valence-corrected chi connectivity index (χ3v) is 2.71. The first-order valence-electron chi connectivity index (χ1n) is 5.72. The lowest BCUT2D eigenvalue weighted by molar-refractivity contribution is -0.0156. The topological polar surface area (TPSA) is 21.3 Å². The van der Waals surface area contributed by atoms with E-state index in [1.54, 1.807) is 7.11 Å². The van der Waals surface area contributed by atoms with E-state index in [4.69, 9.17) is 4.74 Å². The summed E-state index contributed by atoms with van der Waals surface area (Å²) >= 11 is 0. The summed E-state index contributed by atoms with van der Waals surface area (Å²) in [6.07, 6.45) is 2.34. The van der Waals surface area contributed by atoms with Crippen molar-refractivity contribution in [3.8, 4) is 0 Å². The van der Waals surface area contributed by atoms with Crippen LogP contribution in [0.2, 0.25) is 0 Å². The summed E-state index contributed by atoms with van der Waals surface area (Å²) in [5, 5.41) is 3.57. The molecule has 0 radical (unpaired) electrons. The second kappa shape index (κ2) is 6.41. The van der Waals surface area contributed by atoms with Gasteiger partial charge in [0.05, 0.1) is 5.60 Å². The molecule has 0 amide bonds. The predicted molar refractivity (Wildman–Crippen MR) is 62.6 cm³/mol. The third-order valence-electron chi connectivity index (χ3n) is 2.71. The Kier molecular flexibility index (Phi) is 6.38. The van der Waals surface area contributed by atoms with Gasteiger partial charge < -0.3 is 10.1 Å². The lowest BCUT2D eigenvalue weighted by Crippen LogP contribution is -2.49. The first-order chi connectivity index (χ1) is 6.44. The highest BCUT2D eigenvalue weighted by Crippen LogP contribution is 2.20. The molecule has 0 saturated carbocycles. The summed E-state index contributed by atoms with van der Waals surface area (Å²) < 4.78 is 5.54. The standard InChI is InChI=1S/C12H27NO/c1-7-8-13-11(9-10(2)3)12(4,5)14-6/h10-11,13H,7-9H2,1-6H3. The molecular weight excluding hydrogens is 174 g/mol. The average Bonchev–Trinajstić information content (AvgIpc) is 2.11. The van der Waals surface area contributed by atoms with E-state index in [2.05, 4.69) is 39.9 Å². The summed E-state index contributed by atoms with van der Waals surface area (Å²) in [4.78, 5) is 0. The number of hydrogen-bond acceptors (Lipinski definition) is 2. The van der Waals surface area contributed by atoms with Crippen LogP contribution in [0.4, 0.5) is 0 Å². The maximum Gasteiger partial charge on any atom is 0.0775 e. The van der Waals surface area contributed by atoms with Crippen LogP contribution >= 0.6 is 0 Å². The number of ether oxygens (including phenoxy) is 1. The van der Waals surface area contributed by atoms with Gasteiger partial charge in [-0.3, -0.25) is 0 Å². The molecule has 0 bridgehead atoms. The van der Waals surface area contributed by atoms with Crippen LogP contribution < -0.4 is 5.32 Å². The minimum absolute atomic E-state index is 0.0700. The maximum absolute atomic E-state index is 5.54. The monoisotopic (exact) mass is 201 g/mol. The Morgan fingerprint density at radius 3 is 2.21 bits per heavy atom. The SMILES string of the molecule is CCCNC(CC(C)C)C(C)(C)OC. The molecule has 14 heavy (non-hydrogen) atoms. The molecule has 1 unspecified atom stereocenters. The zero-order chi connectivity index (χ0) is 11.2. The molecule has 0 aliphatic heterocycles. The number of hydrogen-bond donors (Lipinski definition) is 1. The van der Waals surface area contributed by atoms with E-state index < -0.39 is 0 Å². The lowest BCUT2D eigenvalue weighted by Gasteiger charge is -2.35. The van der Waals surface area contributed by atoms with Crippen LogP contribution in [0.5, 0.6) is 0 Å². The molecule has 1 N–H and O–H groups in total. The summed E-state index contributed by atoms with van der Waals surface area (Å²) in [7, 11) is 1.79. The lowest BCUT2D eigenvalue weighted by atomic mass is 9.90. The number of rotatable bonds is 7. The molecule has 0 spiro atoms. The van der Waals surface area contributed by atoms with Crippen LogP contribution in [0.25, 0.3) is 0 Å². The van der Waals surface area contributed by atoms with Crippen LogP contribution in [0.1, 0.15) is 47.5 Å². The van der Waals surface area contributed by atoms with Gasteiger partial charge in [-0.25, -0.2) is 0 Å². The highest BCUT2D eigenvalue weighted by atomic mass is 16.5. The van der Waals surface area contributed by atoms with Crippen molar-refractivity contribution in [3.05, 3.63) is 0 Å². The molecule has 86 valence electrons. The minimum atomic E-state index is -0.0700. The molecule has 0 heterocycles. The fourth-order valence-electron chi connectivity index (χ4n) is 1.55. The number of nitrogens with one attached hydrogen (secondary N) is 1. The zero-order valence-electron chi connectivity index (χ0n) is 10.7. The molecule has 0 aliphatic rings. The van der Waals surface area contributed by atoms with Gasteiger partial charge in [-0.1, -0.05) is 20.8 Å². The molecule has 0 rings (SSSR count). The number of methoxy groups -OCH3 is 1. The van der Waals surface area contributed by atoms with Gasteiger partial charge >= 0.3 is 0 Å². The van der Waals surface area contributed by atoms with E-state index in [9.17, 15) is 0 Å². The van der Waals surface area contributed by atoms with Crippen molar-refractivity contribution in [3.63, 3.8) is 0 Å². The predicted octanol–water partition coefficient (Wildman–Crippen LogP) is 2.83. The normalized spacial score (nSPS) is 14.8. The quantitative estimate of drug-likeness (QED) is 0.684. The molecule has 0 aliphatic carbocycles. The van der Waals surface area contributed by atoms with E-state index in [1.807, 2.05) is 0 Å².